The number of rotatable bonds is 2. The van der Waals surface area contributed by atoms with Crippen molar-refractivity contribution in [3.8, 4) is 5.75 Å². The van der Waals surface area contributed by atoms with E-state index in [1.165, 1.54) is 4.90 Å². The fraction of sp³-hybridized carbons (Fsp3) is 0.231. The van der Waals surface area contributed by atoms with Gasteiger partial charge in [0, 0.05) is 7.05 Å². The first kappa shape index (κ1) is 11.4. The van der Waals surface area contributed by atoms with Crippen LogP contribution in [0.25, 0.3) is 6.08 Å². The molecule has 0 atom stereocenters. The van der Waals surface area contributed by atoms with Gasteiger partial charge in [0.05, 0.1) is 7.11 Å². The Morgan fingerprint density at radius 2 is 1.94 bits per heavy atom. The van der Waals surface area contributed by atoms with Gasteiger partial charge in [0.1, 0.15) is 17.3 Å². The van der Waals surface area contributed by atoms with E-state index in [4.69, 9.17) is 4.74 Å². The Morgan fingerprint density at radius 3 is 2.41 bits per heavy atom. The number of benzene rings is 1. The first-order valence-electron chi connectivity index (χ1n) is 5.31. The first-order chi connectivity index (χ1) is 8.11. The molecule has 4 nitrogen and oxygen atoms in total. The smallest absolute Gasteiger partial charge is 0.277 e. The van der Waals surface area contributed by atoms with Crippen LogP contribution in [-0.2, 0) is 4.79 Å². The van der Waals surface area contributed by atoms with E-state index in [-0.39, 0.29) is 5.91 Å². The Balaban J connectivity index is 2.28. The summed E-state index contributed by atoms with van der Waals surface area (Å²) in [6, 6.07) is 7.49. The number of amides is 1. The lowest BCUT2D eigenvalue weighted by Crippen LogP contribution is -2.25. The fourth-order valence-electron chi connectivity index (χ4n) is 1.57. The summed E-state index contributed by atoms with van der Waals surface area (Å²) in [6.07, 6.45) is 1.77. The predicted molar refractivity (Wildman–Crippen MR) is 66.9 cm³/mol. The van der Waals surface area contributed by atoms with Crippen molar-refractivity contribution >= 4 is 17.8 Å². The van der Waals surface area contributed by atoms with Gasteiger partial charge in [-0.05, 0) is 30.7 Å². The molecular weight excluding hydrogens is 216 g/mol. The number of nitrogens with zero attached hydrogens (tertiary/aromatic N) is 2. The lowest BCUT2D eigenvalue weighted by Gasteiger charge is -2.06. The Hall–Kier alpha value is -2.10. The van der Waals surface area contributed by atoms with Crippen LogP contribution >= 0.6 is 0 Å². The van der Waals surface area contributed by atoms with E-state index in [1.54, 1.807) is 20.2 Å². The van der Waals surface area contributed by atoms with Crippen molar-refractivity contribution in [2.45, 2.75) is 6.92 Å². The summed E-state index contributed by atoms with van der Waals surface area (Å²) in [5, 5.41) is 0. The maximum absolute atomic E-state index is 11.8. The third-order valence-electron chi connectivity index (χ3n) is 2.71. The maximum Gasteiger partial charge on any atom is 0.277 e. The van der Waals surface area contributed by atoms with Gasteiger partial charge in [0.15, 0.2) is 0 Å². The summed E-state index contributed by atoms with van der Waals surface area (Å²) in [4.78, 5) is 17.5. The molecule has 0 saturated heterocycles. The van der Waals surface area contributed by atoms with Gasteiger partial charge in [-0.15, -0.1) is 0 Å². The number of amidine groups is 1. The molecule has 1 aliphatic heterocycles. The van der Waals surface area contributed by atoms with Gasteiger partial charge in [-0.25, -0.2) is 4.99 Å². The molecular formula is C13H14N2O2. The van der Waals surface area contributed by atoms with Crippen LogP contribution < -0.4 is 4.74 Å². The van der Waals surface area contributed by atoms with Crippen LogP contribution in [0, 0.1) is 0 Å². The Morgan fingerprint density at radius 1 is 1.29 bits per heavy atom. The summed E-state index contributed by atoms with van der Waals surface area (Å²) >= 11 is 0. The molecule has 0 saturated carbocycles. The highest BCUT2D eigenvalue weighted by Gasteiger charge is 2.23. The number of hydrogen-bond donors (Lipinski definition) is 0. The van der Waals surface area contributed by atoms with Crippen LogP contribution in [0.1, 0.15) is 12.5 Å². The Labute approximate surface area is 100 Å². The predicted octanol–water partition coefficient (Wildman–Crippen LogP) is 1.93. The molecule has 0 spiro atoms. The molecule has 0 radical (unpaired) electrons. The van der Waals surface area contributed by atoms with Gasteiger partial charge in [-0.2, -0.15) is 0 Å². The number of carbonyl (C=O) groups excluding carboxylic acids is 1. The van der Waals surface area contributed by atoms with Crippen LogP contribution in [0.4, 0.5) is 0 Å². The van der Waals surface area contributed by atoms with E-state index in [0.29, 0.717) is 5.70 Å². The number of aliphatic imine (C=N–C) groups is 1. The normalized spacial score (nSPS) is 17.6. The van der Waals surface area contributed by atoms with Crippen molar-refractivity contribution in [1.82, 2.24) is 4.90 Å². The van der Waals surface area contributed by atoms with Crippen LogP contribution in [0.15, 0.2) is 35.0 Å². The van der Waals surface area contributed by atoms with Crippen LogP contribution in [0.3, 0.4) is 0 Å². The average molecular weight is 230 g/mol. The molecule has 1 aromatic rings. The lowest BCUT2D eigenvalue weighted by atomic mass is 10.2. The highest BCUT2D eigenvalue weighted by molar-refractivity contribution is 6.13. The number of ether oxygens (including phenoxy) is 1. The highest BCUT2D eigenvalue weighted by Crippen LogP contribution is 2.18. The minimum atomic E-state index is -0.0710. The molecule has 1 aliphatic rings. The zero-order valence-electron chi connectivity index (χ0n) is 10.1. The zero-order valence-corrected chi connectivity index (χ0v) is 10.1. The second kappa shape index (κ2) is 4.41. The second-order valence-electron chi connectivity index (χ2n) is 3.83. The van der Waals surface area contributed by atoms with Gasteiger partial charge >= 0.3 is 0 Å². The van der Waals surface area contributed by atoms with E-state index >= 15 is 0 Å². The molecule has 0 bridgehead atoms. The fourth-order valence-corrected chi connectivity index (χ4v) is 1.57. The summed E-state index contributed by atoms with van der Waals surface area (Å²) < 4.78 is 5.07. The van der Waals surface area contributed by atoms with Gasteiger partial charge < -0.3 is 4.74 Å². The van der Waals surface area contributed by atoms with Crippen molar-refractivity contribution in [3.63, 3.8) is 0 Å². The maximum atomic E-state index is 11.8. The average Bonchev–Trinajstić information content (AvgIpc) is 2.58. The second-order valence-corrected chi connectivity index (χ2v) is 3.83. The minimum Gasteiger partial charge on any atom is -0.497 e. The molecule has 0 aliphatic carbocycles. The third-order valence-corrected chi connectivity index (χ3v) is 2.71. The topological polar surface area (TPSA) is 41.9 Å². The third kappa shape index (κ3) is 2.20. The van der Waals surface area contributed by atoms with Crippen molar-refractivity contribution in [3.05, 3.63) is 35.5 Å². The first-order valence-corrected chi connectivity index (χ1v) is 5.31. The number of methoxy groups -OCH3 is 1. The molecule has 17 heavy (non-hydrogen) atoms. The van der Waals surface area contributed by atoms with E-state index in [0.717, 1.165) is 17.1 Å². The molecule has 0 unspecified atom stereocenters. The molecule has 4 heteroatoms. The number of likely N-dealkylation sites (N-methyl/N-ethyl adjacent to an activating group) is 1. The molecule has 1 aromatic carbocycles. The van der Waals surface area contributed by atoms with Gasteiger partial charge in [0.2, 0.25) is 0 Å². The Bertz CT molecular complexity index is 501. The monoisotopic (exact) mass is 230 g/mol. The lowest BCUT2D eigenvalue weighted by molar-refractivity contribution is -0.121. The molecule has 0 aromatic heterocycles. The molecule has 1 amide bonds. The molecule has 88 valence electrons. The summed E-state index contributed by atoms with van der Waals surface area (Å²) in [5.74, 6) is 1.44. The standard InChI is InChI=1S/C13H14N2O2/c1-9-14-12(13(16)15(9)2)8-10-4-6-11(17-3)7-5-10/h4-8H,1-3H3/b12-8+. The summed E-state index contributed by atoms with van der Waals surface area (Å²) in [6.45, 7) is 1.81. The molecule has 1 heterocycles. The van der Waals surface area contributed by atoms with Crippen LogP contribution in [0.5, 0.6) is 5.75 Å². The van der Waals surface area contributed by atoms with Crippen molar-refractivity contribution < 1.29 is 9.53 Å². The largest absolute Gasteiger partial charge is 0.497 e. The minimum absolute atomic E-state index is 0.0710. The molecule has 0 fully saturated rings. The zero-order chi connectivity index (χ0) is 12.4. The van der Waals surface area contributed by atoms with Crippen LogP contribution in [0.2, 0.25) is 0 Å². The van der Waals surface area contributed by atoms with Gasteiger partial charge in [0.25, 0.3) is 5.91 Å². The number of hydrogen-bond acceptors (Lipinski definition) is 3. The molecule has 2 rings (SSSR count). The van der Waals surface area contributed by atoms with E-state index in [9.17, 15) is 4.79 Å². The van der Waals surface area contributed by atoms with Gasteiger partial charge in [-0.3, -0.25) is 9.69 Å². The summed E-state index contributed by atoms with van der Waals surface area (Å²) in [5.41, 5.74) is 1.40. The van der Waals surface area contributed by atoms with Crippen molar-refractivity contribution in [1.29, 1.82) is 0 Å². The van der Waals surface area contributed by atoms with E-state index in [2.05, 4.69) is 4.99 Å². The summed E-state index contributed by atoms with van der Waals surface area (Å²) in [7, 11) is 3.34. The van der Waals surface area contributed by atoms with Gasteiger partial charge in [-0.1, -0.05) is 12.1 Å². The number of carbonyl (C=O) groups is 1. The quantitative estimate of drug-likeness (QED) is 0.728. The van der Waals surface area contributed by atoms with E-state index in [1.807, 2.05) is 31.2 Å². The SMILES string of the molecule is COc1ccc(/C=C2/N=C(C)N(C)C2=O)cc1. The Kier molecular flexibility index (Phi) is 2.95. The van der Waals surface area contributed by atoms with E-state index < -0.39 is 0 Å². The van der Waals surface area contributed by atoms with Crippen molar-refractivity contribution in [2.24, 2.45) is 4.99 Å². The van der Waals surface area contributed by atoms with Crippen molar-refractivity contribution in [2.75, 3.05) is 14.2 Å². The molecule has 0 N–H and O–H groups in total. The van der Waals surface area contributed by atoms with Crippen LogP contribution in [-0.4, -0.2) is 30.8 Å². The highest BCUT2D eigenvalue weighted by atomic mass is 16.5.